The molecule has 48 heavy (non-hydrogen) atoms. The Kier molecular flexibility index (Phi) is 12.2. The normalized spacial score (nSPS) is 20.8. The lowest BCUT2D eigenvalue weighted by molar-refractivity contribution is -0.0177. The van der Waals surface area contributed by atoms with E-state index in [0.29, 0.717) is 48.9 Å². The summed E-state index contributed by atoms with van der Waals surface area (Å²) in [5.41, 5.74) is 2.52. The molecule has 2 heterocycles. The van der Waals surface area contributed by atoms with E-state index in [0.717, 1.165) is 36.3 Å². The van der Waals surface area contributed by atoms with Crippen LogP contribution in [0.5, 0.6) is 17.2 Å². The van der Waals surface area contributed by atoms with Crippen molar-refractivity contribution in [3.63, 3.8) is 0 Å². The summed E-state index contributed by atoms with van der Waals surface area (Å²) >= 11 is 0. The van der Waals surface area contributed by atoms with Gasteiger partial charge in [-0.15, -0.1) is 0 Å². The van der Waals surface area contributed by atoms with E-state index in [2.05, 4.69) is 29.5 Å². The van der Waals surface area contributed by atoms with Gasteiger partial charge in [-0.05, 0) is 88.2 Å². The van der Waals surface area contributed by atoms with E-state index in [-0.39, 0.29) is 37.4 Å². The van der Waals surface area contributed by atoms with Crippen LogP contribution in [0.1, 0.15) is 56.0 Å². The van der Waals surface area contributed by atoms with Gasteiger partial charge in [-0.3, -0.25) is 9.69 Å². The maximum Gasteiger partial charge on any atom is 0.323 e. The number of hydrogen-bond acceptors (Lipinski definition) is 8. The number of benzene rings is 3. The number of ether oxygens (including phenoxy) is 4. The molecule has 4 atom stereocenters. The third-order valence-corrected chi connectivity index (χ3v) is 8.72. The molecule has 0 radical (unpaired) electrons. The first-order valence-electron chi connectivity index (χ1n) is 16.7. The van der Waals surface area contributed by atoms with Gasteiger partial charge in [-0.25, -0.2) is 4.79 Å². The number of nitrogens with zero attached hydrogens (tertiary/aromatic N) is 2. The van der Waals surface area contributed by atoms with E-state index < -0.39 is 12.1 Å². The number of hydrogen-bond donors (Lipinski definition) is 3. The zero-order chi connectivity index (χ0) is 34.0. The van der Waals surface area contributed by atoms with E-state index in [4.69, 9.17) is 18.9 Å². The average Bonchev–Trinajstić information content (AvgIpc) is 3.54. The SMILES string of the molecule is C[C@@H]1CN([C@H](C)CO)C(=O)c2cc(NC(=O)Nc3ccccc3)ccc2O[C@@H](C)CCCCO[C@@H]1CN(C)Cc1ccc2c(c1)OCO2. The van der Waals surface area contributed by atoms with Gasteiger partial charge in [-0.1, -0.05) is 31.2 Å². The van der Waals surface area contributed by atoms with Gasteiger partial charge in [-0.2, -0.15) is 0 Å². The number of nitrogens with one attached hydrogen (secondary N) is 2. The fraction of sp³-hybridized carbons (Fsp3) is 0.459. The number of carbonyl (C=O) groups excluding carboxylic acids is 2. The summed E-state index contributed by atoms with van der Waals surface area (Å²) in [4.78, 5) is 31.1. The van der Waals surface area contributed by atoms with Crippen LogP contribution in [0.25, 0.3) is 0 Å². The van der Waals surface area contributed by atoms with Crippen molar-refractivity contribution in [2.75, 3.05) is 50.8 Å². The van der Waals surface area contributed by atoms with Crippen LogP contribution >= 0.6 is 0 Å². The molecule has 0 aliphatic carbocycles. The second-order valence-electron chi connectivity index (χ2n) is 12.8. The van der Waals surface area contributed by atoms with Gasteiger partial charge in [0.05, 0.1) is 30.4 Å². The number of rotatable bonds is 8. The molecule has 258 valence electrons. The molecular formula is C37H48N4O7. The highest BCUT2D eigenvalue weighted by Crippen LogP contribution is 2.33. The molecule has 0 saturated carbocycles. The number of anilines is 2. The van der Waals surface area contributed by atoms with Crippen LogP contribution in [0.4, 0.5) is 16.2 Å². The summed E-state index contributed by atoms with van der Waals surface area (Å²) < 4.78 is 23.9. The number of likely N-dealkylation sites (N-methyl/N-ethyl adjacent to an activating group) is 1. The van der Waals surface area contributed by atoms with Crippen molar-refractivity contribution in [2.24, 2.45) is 5.92 Å². The lowest BCUT2D eigenvalue weighted by atomic mass is 10.0. The molecule has 3 N–H and O–H groups in total. The summed E-state index contributed by atoms with van der Waals surface area (Å²) in [6.45, 7) is 8.21. The van der Waals surface area contributed by atoms with Crippen LogP contribution in [-0.4, -0.2) is 85.2 Å². The predicted octanol–water partition coefficient (Wildman–Crippen LogP) is 5.99. The standard InChI is InChI=1S/C37H48N4O7/c1-25-20-41(26(2)23-42)36(43)31-19-30(39-37(44)38-29-11-6-5-7-12-29)14-16-32(31)48-27(3)10-8-9-17-45-35(25)22-40(4)21-28-13-15-33-34(18-28)47-24-46-33/h5-7,11-16,18-19,25-27,35,42H,8-10,17,20-24H2,1-4H3,(H2,38,39,44)/t25-,26-,27+,35-/m1/s1. The topological polar surface area (TPSA) is 122 Å². The molecular weight excluding hydrogens is 612 g/mol. The van der Waals surface area contributed by atoms with E-state index in [1.54, 1.807) is 35.2 Å². The summed E-state index contributed by atoms with van der Waals surface area (Å²) in [5.74, 6) is 1.60. The minimum atomic E-state index is -0.469. The Balaban J connectivity index is 1.36. The molecule has 2 aliphatic rings. The number of para-hydroxylation sites is 1. The molecule has 11 nitrogen and oxygen atoms in total. The van der Waals surface area contributed by atoms with Crippen molar-refractivity contribution in [3.8, 4) is 17.2 Å². The fourth-order valence-corrected chi connectivity index (χ4v) is 6.00. The second-order valence-corrected chi connectivity index (χ2v) is 12.8. The number of aliphatic hydroxyl groups is 1. The number of aliphatic hydroxyl groups excluding tert-OH is 1. The lowest BCUT2D eigenvalue weighted by Crippen LogP contribution is -2.47. The van der Waals surface area contributed by atoms with Gasteiger partial charge in [0.1, 0.15) is 5.75 Å². The number of amides is 3. The van der Waals surface area contributed by atoms with Crippen LogP contribution in [-0.2, 0) is 11.3 Å². The minimum absolute atomic E-state index is 0.0636. The predicted molar refractivity (Wildman–Crippen MR) is 185 cm³/mol. The lowest BCUT2D eigenvalue weighted by Gasteiger charge is -2.36. The van der Waals surface area contributed by atoms with E-state index in [1.165, 1.54) is 0 Å². The molecule has 11 heteroatoms. The van der Waals surface area contributed by atoms with Gasteiger partial charge in [0.2, 0.25) is 6.79 Å². The van der Waals surface area contributed by atoms with Crippen LogP contribution in [0.15, 0.2) is 66.7 Å². The third kappa shape index (κ3) is 9.40. The van der Waals surface area contributed by atoms with Crippen molar-refractivity contribution in [3.05, 3.63) is 77.9 Å². The molecule has 3 aromatic rings. The molecule has 0 fully saturated rings. The Labute approximate surface area is 283 Å². The van der Waals surface area contributed by atoms with Gasteiger partial charge in [0.15, 0.2) is 11.5 Å². The van der Waals surface area contributed by atoms with Crippen LogP contribution in [0.3, 0.4) is 0 Å². The number of fused-ring (bicyclic) bond motifs is 2. The van der Waals surface area contributed by atoms with Crippen molar-refractivity contribution < 1.29 is 33.6 Å². The highest BCUT2D eigenvalue weighted by atomic mass is 16.7. The zero-order valence-corrected chi connectivity index (χ0v) is 28.3. The molecule has 0 aromatic heterocycles. The van der Waals surface area contributed by atoms with Crippen LogP contribution in [0, 0.1) is 5.92 Å². The minimum Gasteiger partial charge on any atom is -0.490 e. The summed E-state index contributed by atoms with van der Waals surface area (Å²) in [5, 5.41) is 15.9. The largest absolute Gasteiger partial charge is 0.490 e. The first-order valence-corrected chi connectivity index (χ1v) is 16.7. The monoisotopic (exact) mass is 660 g/mol. The summed E-state index contributed by atoms with van der Waals surface area (Å²) in [6.07, 6.45) is 2.26. The Morgan fingerprint density at radius 2 is 1.73 bits per heavy atom. The van der Waals surface area contributed by atoms with Crippen molar-refractivity contribution in [2.45, 2.75) is 64.8 Å². The molecule has 3 amide bonds. The highest BCUT2D eigenvalue weighted by molar-refractivity contribution is 6.02. The smallest absolute Gasteiger partial charge is 0.323 e. The molecule has 3 aromatic carbocycles. The average molecular weight is 661 g/mol. The second kappa shape index (κ2) is 16.7. The Bertz CT molecular complexity index is 1520. The molecule has 0 bridgehead atoms. The van der Waals surface area contributed by atoms with E-state index >= 15 is 0 Å². The van der Waals surface area contributed by atoms with Crippen molar-refractivity contribution >= 4 is 23.3 Å². The van der Waals surface area contributed by atoms with Gasteiger partial charge < -0.3 is 39.6 Å². The van der Waals surface area contributed by atoms with E-state index in [9.17, 15) is 14.7 Å². The molecule has 2 aliphatic heterocycles. The van der Waals surface area contributed by atoms with Crippen molar-refractivity contribution in [1.29, 1.82) is 0 Å². The van der Waals surface area contributed by atoms with Gasteiger partial charge >= 0.3 is 6.03 Å². The Morgan fingerprint density at radius 1 is 0.979 bits per heavy atom. The number of carbonyl (C=O) groups is 2. The zero-order valence-electron chi connectivity index (χ0n) is 28.3. The molecule has 0 unspecified atom stereocenters. The molecule has 0 saturated heterocycles. The van der Waals surface area contributed by atoms with Crippen LogP contribution < -0.4 is 24.8 Å². The van der Waals surface area contributed by atoms with Crippen LogP contribution in [0.2, 0.25) is 0 Å². The summed E-state index contributed by atoms with van der Waals surface area (Å²) in [6, 6.07) is 19.3. The Morgan fingerprint density at radius 3 is 2.52 bits per heavy atom. The first kappa shape index (κ1) is 35.0. The van der Waals surface area contributed by atoms with Gasteiger partial charge in [0.25, 0.3) is 5.91 Å². The van der Waals surface area contributed by atoms with E-state index in [1.807, 2.05) is 50.2 Å². The highest BCUT2D eigenvalue weighted by Gasteiger charge is 2.30. The Hall–Kier alpha value is -4.32. The number of urea groups is 1. The maximum absolute atomic E-state index is 14.4. The molecule has 0 spiro atoms. The van der Waals surface area contributed by atoms with Gasteiger partial charge in [0, 0.05) is 43.5 Å². The fourth-order valence-electron chi connectivity index (χ4n) is 6.00. The van der Waals surface area contributed by atoms with Crippen molar-refractivity contribution in [1.82, 2.24) is 9.80 Å². The third-order valence-electron chi connectivity index (χ3n) is 8.72. The first-order chi connectivity index (χ1) is 23.2. The maximum atomic E-state index is 14.4. The summed E-state index contributed by atoms with van der Waals surface area (Å²) in [7, 11) is 2.06. The quantitative estimate of drug-likeness (QED) is 0.270. The molecule has 5 rings (SSSR count).